The second kappa shape index (κ2) is 34.6. The average Bonchev–Trinajstić information content (AvgIpc) is 3.14. The fourth-order valence-electron chi connectivity index (χ4n) is 3.17. The van der Waals surface area contributed by atoms with Crippen molar-refractivity contribution in [3.8, 4) is 17.2 Å². The highest BCUT2D eigenvalue weighted by molar-refractivity contribution is 5.81. The molecule has 0 bridgehead atoms. The molecule has 0 spiro atoms. The Bertz CT molecular complexity index is 1220. The predicted molar refractivity (Wildman–Crippen MR) is 197 cm³/mol. The molecular formula is C40H56O9. The molecular weight excluding hydrogens is 624 g/mol. The Morgan fingerprint density at radius 2 is 1.04 bits per heavy atom. The molecule has 0 aliphatic carbocycles. The zero-order chi connectivity index (χ0) is 37.0. The third-order valence-corrected chi connectivity index (χ3v) is 5.52. The van der Waals surface area contributed by atoms with Crippen molar-refractivity contribution < 1.29 is 42.8 Å². The maximum atomic E-state index is 10.7. The molecule has 0 heterocycles. The van der Waals surface area contributed by atoms with Gasteiger partial charge < -0.3 is 28.4 Å². The summed E-state index contributed by atoms with van der Waals surface area (Å²) >= 11 is 0. The number of aldehydes is 2. The molecule has 0 saturated heterocycles. The second-order valence-corrected chi connectivity index (χ2v) is 9.85. The molecule has 3 aromatic rings. The van der Waals surface area contributed by atoms with Gasteiger partial charge in [-0.2, -0.15) is 0 Å². The van der Waals surface area contributed by atoms with E-state index in [1.54, 1.807) is 75.9 Å². The minimum absolute atomic E-state index is 0.303. The largest absolute Gasteiger partial charge is 0.497 e. The van der Waals surface area contributed by atoms with E-state index in [0.717, 1.165) is 49.6 Å². The van der Waals surface area contributed by atoms with Gasteiger partial charge in [0.05, 0.1) is 33.5 Å². The molecule has 0 aliphatic heterocycles. The van der Waals surface area contributed by atoms with Gasteiger partial charge in [-0.05, 0) is 79.6 Å². The molecule has 0 N–H and O–H groups in total. The monoisotopic (exact) mass is 680 g/mol. The molecule has 3 rings (SSSR count). The highest BCUT2D eigenvalue weighted by Gasteiger charge is 1.98. The van der Waals surface area contributed by atoms with E-state index in [1.165, 1.54) is 12.0 Å². The number of hydrogen-bond acceptors (Lipinski definition) is 9. The van der Waals surface area contributed by atoms with E-state index >= 15 is 0 Å². The van der Waals surface area contributed by atoms with Gasteiger partial charge in [-0.15, -0.1) is 6.58 Å². The SMILES string of the molecule is C=CC.C=CC(=O)OCCCOc1ccc(C=O)cc1.CCC.COCCCOc1ccc(C=O)cc1.COCCc1ccc(OC)cc1. The van der Waals surface area contributed by atoms with Crippen LogP contribution in [0.15, 0.2) is 98.1 Å². The molecule has 0 aliphatic rings. The van der Waals surface area contributed by atoms with Crippen LogP contribution >= 0.6 is 0 Å². The number of allylic oxidation sites excluding steroid dienone is 1. The Labute approximate surface area is 293 Å². The van der Waals surface area contributed by atoms with Gasteiger partial charge in [-0.1, -0.05) is 45.1 Å². The van der Waals surface area contributed by atoms with Crippen LogP contribution in [0.2, 0.25) is 0 Å². The Morgan fingerprint density at radius 3 is 1.41 bits per heavy atom. The normalized spacial score (nSPS) is 9.10. The van der Waals surface area contributed by atoms with E-state index in [1.807, 2.05) is 19.1 Å². The Balaban J connectivity index is 0. The summed E-state index contributed by atoms with van der Waals surface area (Å²) in [7, 11) is 5.05. The first-order valence-electron chi connectivity index (χ1n) is 16.2. The Morgan fingerprint density at radius 1 is 0.633 bits per heavy atom. The molecule has 0 radical (unpaired) electrons. The predicted octanol–water partition coefficient (Wildman–Crippen LogP) is 8.40. The van der Waals surface area contributed by atoms with Gasteiger partial charge in [-0.3, -0.25) is 9.59 Å². The van der Waals surface area contributed by atoms with E-state index in [4.69, 9.17) is 28.4 Å². The van der Waals surface area contributed by atoms with E-state index < -0.39 is 5.97 Å². The van der Waals surface area contributed by atoms with E-state index in [2.05, 4.69) is 39.1 Å². The van der Waals surface area contributed by atoms with Gasteiger partial charge in [-0.25, -0.2) is 4.79 Å². The van der Waals surface area contributed by atoms with Crippen LogP contribution in [-0.2, 0) is 25.4 Å². The van der Waals surface area contributed by atoms with Crippen LogP contribution < -0.4 is 14.2 Å². The third-order valence-electron chi connectivity index (χ3n) is 5.52. The molecule has 270 valence electrons. The van der Waals surface area contributed by atoms with Crippen LogP contribution in [0.3, 0.4) is 0 Å². The lowest BCUT2D eigenvalue weighted by Crippen LogP contribution is -2.06. The molecule has 3 aromatic carbocycles. The first-order chi connectivity index (χ1) is 23.8. The molecule has 0 aromatic heterocycles. The van der Waals surface area contributed by atoms with Crippen molar-refractivity contribution in [1.82, 2.24) is 0 Å². The Hall–Kier alpha value is -4.73. The average molecular weight is 681 g/mol. The van der Waals surface area contributed by atoms with Gasteiger partial charge in [0.1, 0.15) is 29.8 Å². The van der Waals surface area contributed by atoms with Crippen LogP contribution in [0, 0.1) is 0 Å². The van der Waals surface area contributed by atoms with Crippen molar-refractivity contribution in [2.24, 2.45) is 0 Å². The maximum Gasteiger partial charge on any atom is 0.330 e. The van der Waals surface area contributed by atoms with Crippen LogP contribution in [0.5, 0.6) is 17.2 Å². The molecule has 49 heavy (non-hydrogen) atoms. The molecule has 9 nitrogen and oxygen atoms in total. The molecule has 0 saturated carbocycles. The van der Waals surface area contributed by atoms with Crippen molar-refractivity contribution in [1.29, 1.82) is 0 Å². The van der Waals surface area contributed by atoms with Crippen LogP contribution in [-0.4, -0.2) is 72.9 Å². The number of methoxy groups -OCH3 is 3. The van der Waals surface area contributed by atoms with Crippen molar-refractivity contribution in [3.05, 3.63) is 115 Å². The fourth-order valence-corrected chi connectivity index (χ4v) is 3.17. The zero-order valence-electron chi connectivity index (χ0n) is 30.2. The van der Waals surface area contributed by atoms with E-state index in [0.29, 0.717) is 49.7 Å². The van der Waals surface area contributed by atoms with Gasteiger partial charge in [0.15, 0.2) is 0 Å². The maximum absolute atomic E-state index is 10.7. The highest BCUT2D eigenvalue weighted by atomic mass is 16.5. The molecule has 0 atom stereocenters. The highest BCUT2D eigenvalue weighted by Crippen LogP contribution is 2.13. The number of benzene rings is 3. The minimum Gasteiger partial charge on any atom is -0.497 e. The smallest absolute Gasteiger partial charge is 0.330 e. The second-order valence-electron chi connectivity index (χ2n) is 9.85. The van der Waals surface area contributed by atoms with Crippen molar-refractivity contribution >= 4 is 18.5 Å². The summed E-state index contributed by atoms with van der Waals surface area (Å²) < 4.78 is 30.5. The third kappa shape index (κ3) is 28.0. The van der Waals surface area contributed by atoms with Gasteiger partial charge in [0.2, 0.25) is 0 Å². The Kier molecular flexibility index (Phi) is 32.8. The summed E-state index contributed by atoms with van der Waals surface area (Å²) in [6.07, 6.45) is 8.15. The first kappa shape index (κ1) is 46.4. The summed E-state index contributed by atoms with van der Waals surface area (Å²) in [5.41, 5.74) is 2.55. The van der Waals surface area contributed by atoms with Crippen LogP contribution in [0.1, 0.15) is 66.3 Å². The lowest BCUT2D eigenvalue weighted by atomic mass is 10.1. The fraction of sp³-hybridized carbons (Fsp3) is 0.375. The number of hydrogen-bond donors (Lipinski definition) is 0. The summed E-state index contributed by atoms with van der Waals surface area (Å²) in [6.45, 7) is 15.6. The molecule has 0 fully saturated rings. The minimum atomic E-state index is -0.430. The number of rotatable bonds is 17. The van der Waals surface area contributed by atoms with Crippen molar-refractivity contribution in [2.75, 3.05) is 54.4 Å². The molecule has 9 heteroatoms. The van der Waals surface area contributed by atoms with Crippen LogP contribution in [0.4, 0.5) is 0 Å². The number of carbonyl (C=O) groups excluding carboxylic acids is 3. The summed E-state index contributed by atoms with van der Waals surface area (Å²) in [6, 6.07) is 21.9. The summed E-state index contributed by atoms with van der Waals surface area (Å²) in [4.78, 5) is 31.5. The van der Waals surface area contributed by atoms with E-state index in [9.17, 15) is 14.4 Å². The van der Waals surface area contributed by atoms with Crippen LogP contribution in [0.25, 0.3) is 0 Å². The van der Waals surface area contributed by atoms with Gasteiger partial charge in [0, 0.05) is 50.9 Å². The number of ether oxygens (including phenoxy) is 6. The molecule has 0 unspecified atom stereocenters. The van der Waals surface area contributed by atoms with Crippen molar-refractivity contribution in [3.63, 3.8) is 0 Å². The summed E-state index contributed by atoms with van der Waals surface area (Å²) in [5, 5.41) is 0. The van der Waals surface area contributed by atoms with E-state index in [-0.39, 0.29) is 0 Å². The van der Waals surface area contributed by atoms with Gasteiger partial charge >= 0.3 is 5.97 Å². The summed E-state index contributed by atoms with van der Waals surface area (Å²) in [5.74, 6) is 1.94. The first-order valence-corrected chi connectivity index (χ1v) is 16.2. The molecule has 0 amide bonds. The quantitative estimate of drug-likeness (QED) is 0.0457. The topological polar surface area (TPSA) is 107 Å². The number of esters is 1. The zero-order valence-corrected chi connectivity index (χ0v) is 30.2. The van der Waals surface area contributed by atoms with Gasteiger partial charge in [0.25, 0.3) is 0 Å². The number of carbonyl (C=O) groups is 3. The lowest BCUT2D eigenvalue weighted by molar-refractivity contribution is -0.137. The lowest BCUT2D eigenvalue weighted by Gasteiger charge is -2.06. The van der Waals surface area contributed by atoms with Crippen molar-refractivity contribution in [2.45, 2.75) is 46.5 Å². The standard InChI is InChI=1S/C13H14O4.C11H14O3.C10H14O2.C3H8.C3H6/c1-2-13(15)17-9-3-8-16-12-6-4-11(10-14)5-7-12;1-13-7-2-8-14-11-5-3-10(9-12)4-6-11;1-11-8-7-9-3-5-10(12-2)6-4-9;2*1-3-2/h2,4-7,10H,1,3,8-9H2;3-6,9H,2,7-8H2,1H3;3-6H,7-8H2,1-2H3;3H2,1-2H3;3H,1H2,2H3.